The van der Waals surface area contributed by atoms with Crippen molar-refractivity contribution >= 4 is 21.7 Å². The van der Waals surface area contributed by atoms with E-state index < -0.39 is 11.7 Å². The fourth-order valence-electron chi connectivity index (χ4n) is 1.16. The number of benzene rings is 1. The van der Waals surface area contributed by atoms with Gasteiger partial charge in [0.05, 0.1) is 5.56 Å². The van der Waals surface area contributed by atoms with Crippen molar-refractivity contribution in [3.63, 3.8) is 0 Å². The van der Waals surface area contributed by atoms with E-state index in [1.807, 2.05) is 0 Å². The summed E-state index contributed by atoms with van der Waals surface area (Å²) in [5.41, 5.74) is -0.742. The molecular formula is C10H8BrF3O. The Kier molecular flexibility index (Phi) is 3.54. The lowest BCUT2D eigenvalue weighted by Gasteiger charge is -2.11. The summed E-state index contributed by atoms with van der Waals surface area (Å²) in [5, 5.41) is 0. The molecule has 0 aliphatic heterocycles. The Labute approximate surface area is 93.4 Å². The SMILES string of the molecule is CCC(=O)c1cccc(C(F)(F)F)c1Br. The molecule has 5 heteroatoms. The Balaban J connectivity index is 3.30. The van der Waals surface area contributed by atoms with E-state index >= 15 is 0 Å². The highest BCUT2D eigenvalue weighted by molar-refractivity contribution is 9.10. The molecule has 0 radical (unpaired) electrons. The first-order valence-corrected chi connectivity index (χ1v) is 5.06. The summed E-state index contributed by atoms with van der Waals surface area (Å²) in [7, 11) is 0. The van der Waals surface area contributed by atoms with E-state index in [0.29, 0.717) is 0 Å². The van der Waals surface area contributed by atoms with Crippen LogP contribution < -0.4 is 0 Å². The molecule has 0 saturated carbocycles. The summed E-state index contributed by atoms with van der Waals surface area (Å²) in [5.74, 6) is -0.312. The van der Waals surface area contributed by atoms with Crippen LogP contribution in [-0.2, 0) is 6.18 Å². The molecule has 1 aromatic carbocycles. The van der Waals surface area contributed by atoms with E-state index in [2.05, 4.69) is 15.9 Å². The van der Waals surface area contributed by atoms with Gasteiger partial charge in [0, 0.05) is 16.5 Å². The summed E-state index contributed by atoms with van der Waals surface area (Å²) in [6.07, 6.45) is -4.26. The van der Waals surface area contributed by atoms with Gasteiger partial charge in [0.25, 0.3) is 0 Å². The second kappa shape index (κ2) is 4.35. The summed E-state index contributed by atoms with van der Waals surface area (Å²) in [4.78, 5) is 11.3. The van der Waals surface area contributed by atoms with E-state index in [9.17, 15) is 18.0 Å². The molecule has 15 heavy (non-hydrogen) atoms. The topological polar surface area (TPSA) is 17.1 Å². The molecule has 0 aliphatic rings. The average Bonchev–Trinajstić information content (AvgIpc) is 2.15. The van der Waals surface area contributed by atoms with Gasteiger partial charge in [0.1, 0.15) is 0 Å². The monoisotopic (exact) mass is 280 g/mol. The van der Waals surface area contributed by atoms with Crippen molar-refractivity contribution in [3.05, 3.63) is 33.8 Å². The highest BCUT2D eigenvalue weighted by Crippen LogP contribution is 2.36. The van der Waals surface area contributed by atoms with E-state index in [4.69, 9.17) is 0 Å². The van der Waals surface area contributed by atoms with Crippen LogP contribution in [0.15, 0.2) is 22.7 Å². The molecule has 0 fully saturated rings. The number of rotatable bonds is 2. The Morgan fingerprint density at radius 1 is 1.40 bits per heavy atom. The second-order valence-electron chi connectivity index (χ2n) is 2.94. The molecule has 1 aromatic rings. The van der Waals surface area contributed by atoms with Gasteiger partial charge in [-0.05, 0) is 22.0 Å². The number of ketones is 1. The van der Waals surface area contributed by atoms with Gasteiger partial charge in [-0.2, -0.15) is 13.2 Å². The van der Waals surface area contributed by atoms with Crippen LogP contribution in [0, 0.1) is 0 Å². The summed E-state index contributed by atoms with van der Waals surface area (Å²) < 4.78 is 37.2. The van der Waals surface area contributed by atoms with E-state index in [1.54, 1.807) is 6.92 Å². The summed E-state index contributed by atoms with van der Waals surface area (Å²) >= 11 is 2.82. The fraction of sp³-hybridized carbons (Fsp3) is 0.300. The number of hydrogen-bond acceptors (Lipinski definition) is 1. The summed E-state index contributed by atoms with van der Waals surface area (Å²) in [6, 6.07) is 3.55. The Morgan fingerprint density at radius 3 is 2.47 bits per heavy atom. The van der Waals surface area contributed by atoms with Crippen molar-refractivity contribution in [1.82, 2.24) is 0 Å². The third kappa shape index (κ3) is 2.59. The molecule has 1 rings (SSSR count). The third-order valence-electron chi connectivity index (χ3n) is 1.93. The standard InChI is InChI=1S/C10H8BrF3O/c1-2-8(15)6-4-3-5-7(9(6)11)10(12,13)14/h3-5H,2H2,1H3. The number of Topliss-reactive ketones (excluding diaryl/α,β-unsaturated/α-hetero) is 1. The van der Waals surface area contributed by atoms with Crippen LogP contribution in [0.2, 0.25) is 0 Å². The van der Waals surface area contributed by atoms with Crippen LogP contribution >= 0.6 is 15.9 Å². The predicted octanol–water partition coefficient (Wildman–Crippen LogP) is 4.06. The molecular weight excluding hydrogens is 273 g/mol. The minimum Gasteiger partial charge on any atom is -0.294 e. The van der Waals surface area contributed by atoms with Crippen molar-refractivity contribution in [2.24, 2.45) is 0 Å². The number of halogens is 4. The zero-order valence-electron chi connectivity index (χ0n) is 7.86. The van der Waals surface area contributed by atoms with Gasteiger partial charge in [-0.3, -0.25) is 4.79 Å². The normalized spacial score (nSPS) is 11.5. The molecule has 0 aromatic heterocycles. The van der Waals surface area contributed by atoms with Gasteiger partial charge in [-0.15, -0.1) is 0 Å². The molecule has 82 valence electrons. The minimum absolute atomic E-state index is 0.0762. The predicted molar refractivity (Wildman–Crippen MR) is 53.8 cm³/mol. The molecule has 0 amide bonds. The van der Waals surface area contributed by atoms with Gasteiger partial charge < -0.3 is 0 Å². The van der Waals surface area contributed by atoms with Gasteiger partial charge in [-0.25, -0.2) is 0 Å². The third-order valence-corrected chi connectivity index (χ3v) is 2.78. The van der Waals surface area contributed by atoms with Crippen LogP contribution in [0.25, 0.3) is 0 Å². The minimum atomic E-state index is -4.44. The lowest BCUT2D eigenvalue weighted by atomic mass is 10.1. The molecule has 0 saturated heterocycles. The maximum atomic E-state index is 12.5. The van der Waals surface area contributed by atoms with E-state index in [1.165, 1.54) is 12.1 Å². The zero-order valence-corrected chi connectivity index (χ0v) is 9.45. The number of alkyl halides is 3. The molecule has 0 aliphatic carbocycles. The van der Waals surface area contributed by atoms with Crippen molar-refractivity contribution in [1.29, 1.82) is 0 Å². The van der Waals surface area contributed by atoms with Gasteiger partial charge in [-0.1, -0.05) is 19.1 Å². The Morgan fingerprint density at radius 2 is 2.00 bits per heavy atom. The highest BCUT2D eigenvalue weighted by atomic mass is 79.9. The Bertz CT molecular complexity index is 385. The smallest absolute Gasteiger partial charge is 0.294 e. The number of hydrogen-bond donors (Lipinski definition) is 0. The lowest BCUT2D eigenvalue weighted by Crippen LogP contribution is -2.09. The number of carbonyl (C=O) groups excluding carboxylic acids is 1. The first kappa shape index (κ1) is 12.2. The van der Waals surface area contributed by atoms with Gasteiger partial charge in [0.15, 0.2) is 5.78 Å². The quantitative estimate of drug-likeness (QED) is 0.747. The fourth-order valence-corrected chi connectivity index (χ4v) is 1.87. The first-order chi connectivity index (χ1) is 6.88. The largest absolute Gasteiger partial charge is 0.417 e. The molecule has 0 unspecified atom stereocenters. The van der Waals surface area contributed by atoms with Crippen LogP contribution in [0.4, 0.5) is 13.2 Å². The molecule has 1 nitrogen and oxygen atoms in total. The molecule has 0 bridgehead atoms. The molecule has 0 heterocycles. The van der Waals surface area contributed by atoms with Crippen molar-refractivity contribution in [2.75, 3.05) is 0 Å². The molecule has 0 N–H and O–H groups in total. The zero-order chi connectivity index (χ0) is 11.6. The van der Waals surface area contributed by atoms with Crippen LogP contribution in [0.5, 0.6) is 0 Å². The maximum absolute atomic E-state index is 12.5. The van der Waals surface area contributed by atoms with Crippen LogP contribution in [0.1, 0.15) is 29.3 Å². The second-order valence-corrected chi connectivity index (χ2v) is 3.73. The van der Waals surface area contributed by atoms with E-state index in [0.717, 1.165) is 6.07 Å². The van der Waals surface area contributed by atoms with Crippen molar-refractivity contribution in [3.8, 4) is 0 Å². The lowest BCUT2D eigenvalue weighted by molar-refractivity contribution is -0.138. The van der Waals surface area contributed by atoms with Gasteiger partial charge in [0.2, 0.25) is 0 Å². The van der Waals surface area contributed by atoms with Gasteiger partial charge >= 0.3 is 6.18 Å². The van der Waals surface area contributed by atoms with Crippen LogP contribution in [0.3, 0.4) is 0 Å². The van der Waals surface area contributed by atoms with E-state index in [-0.39, 0.29) is 22.2 Å². The van der Waals surface area contributed by atoms with Crippen molar-refractivity contribution < 1.29 is 18.0 Å². The number of carbonyl (C=O) groups is 1. The molecule has 0 atom stereocenters. The highest BCUT2D eigenvalue weighted by Gasteiger charge is 2.34. The molecule has 0 spiro atoms. The van der Waals surface area contributed by atoms with Crippen LogP contribution in [-0.4, -0.2) is 5.78 Å². The average molecular weight is 281 g/mol. The first-order valence-electron chi connectivity index (χ1n) is 4.26. The maximum Gasteiger partial charge on any atom is 0.417 e. The Hall–Kier alpha value is -0.840. The van der Waals surface area contributed by atoms with Crippen molar-refractivity contribution in [2.45, 2.75) is 19.5 Å². The summed E-state index contributed by atoms with van der Waals surface area (Å²) in [6.45, 7) is 1.61.